The van der Waals surface area contributed by atoms with Crippen LogP contribution in [-0.2, 0) is 11.3 Å². The highest BCUT2D eigenvalue weighted by atomic mass is 35.5. The number of piperidine rings is 1. The molecule has 0 aromatic carbocycles. The van der Waals surface area contributed by atoms with E-state index < -0.39 is 0 Å². The van der Waals surface area contributed by atoms with Gasteiger partial charge in [0.2, 0.25) is 5.89 Å². The van der Waals surface area contributed by atoms with E-state index in [0.29, 0.717) is 11.7 Å². The Kier molecular flexibility index (Phi) is 8.18. The zero-order valence-corrected chi connectivity index (χ0v) is 14.0. The fourth-order valence-corrected chi connectivity index (χ4v) is 2.58. The standard InChI is InChI=1S/C14H26N4O2.ClH/c1-11(19-3)14-16-13(20-17-14)10-18-8-5-12(6-9-18)4-7-15-2;/h11-12,15H,4-10H2,1-3H3;1H. The van der Waals surface area contributed by atoms with Gasteiger partial charge < -0.3 is 14.6 Å². The SMILES string of the molecule is CNCCC1CCN(Cc2nc(C(C)OC)no2)CC1.Cl. The number of hydrogen-bond donors (Lipinski definition) is 1. The average molecular weight is 319 g/mol. The molecule has 21 heavy (non-hydrogen) atoms. The summed E-state index contributed by atoms with van der Waals surface area (Å²) in [4.78, 5) is 6.78. The Labute approximate surface area is 133 Å². The van der Waals surface area contributed by atoms with Gasteiger partial charge in [-0.1, -0.05) is 5.16 Å². The lowest BCUT2D eigenvalue weighted by atomic mass is 9.93. The minimum absolute atomic E-state index is 0. The second-order valence-corrected chi connectivity index (χ2v) is 5.54. The molecule has 1 saturated heterocycles. The van der Waals surface area contributed by atoms with Crippen molar-refractivity contribution in [2.75, 3.05) is 33.8 Å². The van der Waals surface area contributed by atoms with Crippen molar-refractivity contribution < 1.29 is 9.26 Å². The quantitative estimate of drug-likeness (QED) is 0.830. The van der Waals surface area contributed by atoms with E-state index in [4.69, 9.17) is 9.26 Å². The summed E-state index contributed by atoms with van der Waals surface area (Å²) in [5, 5.41) is 7.19. The van der Waals surface area contributed by atoms with Gasteiger partial charge in [0.05, 0.1) is 6.54 Å². The molecule has 1 aliphatic heterocycles. The summed E-state index contributed by atoms with van der Waals surface area (Å²) in [6.07, 6.45) is 3.69. The molecule has 1 N–H and O–H groups in total. The monoisotopic (exact) mass is 318 g/mol. The number of nitrogens with one attached hydrogen (secondary N) is 1. The molecule has 1 aromatic rings. The Hall–Kier alpha value is -0.690. The lowest BCUT2D eigenvalue weighted by Crippen LogP contribution is -2.34. The van der Waals surface area contributed by atoms with E-state index in [0.717, 1.165) is 32.1 Å². The number of halogens is 1. The van der Waals surface area contributed by atoms with Gasteiger partial charge in [-0.05, 0) is 58.8 Å². The fraction of sp³-hybridized carbons (Fsp3) is 0.857. The van der Waals surface area contributed by atoms with Gasteiger partial charge in [-0.15, -0.1) is 12.4 Å². The molecule has 2 rings (SSSR count). The topological polar surface area (TPSA) is 63.4 Å². The molecular formula is C14H27ClN4O2. The van der Waals surface area contributed by atoms with Crippen molar-refractivity contribution in [3.8, 4) is 0 Å². The van der Waals surface area contributed by atoms with Gasteiger partial charge in [-0.2, -0.15) is 4.98 Å². The normalized spacial score (nSPS) is 18.4. The van der Waals surface area contributed by atoms with Crippen LogP contribution in [0.25, 0.3) is 0 Å². The molecular weight excluding hydrogens is 292 g/mol. The number of likely N-dealkylation sites (tertiary alicyclic amines) is 1. The highest BCUT2D eigenvalue weighted by Gasteiger charge is 2.21. The number of nitrogens with zero attached hydrogens (tertiary/aromatic N) is 3. The molecule has 6 nitrogen and oxygen atoms in total. The number of aromatic nitrogens is 2. The van der Waals surface area contributed by atoms with Crippen molar-refractivity contribution in [2.24, 2.45) is 5.92 Å². The first kappa shape index (κ1) is 18.4. The van der Waals surface area contributed by atoms with Crippen LogP contribution in [0, 0.1) is 5.92 Å². The van der Waals surface area contributed by atoms with Crippen LogP contribution in [0.15, 0.2) is 4.52 Å². The molecule has 1 aliphatic rings. The molecule has 7 heteroatoms. The number of methoxy groups -OCH3 is 1. The molecule has 0 amide bonds. The maximum absolute atomic E-state index is 5.29. The molecule has 0 bridgehead atoms. The molecule has 0 spiro atoms. The summed E-state index contributed by atoms with van der Waals surface area (Å²) < 4.78 is 10.5. The van der Waals surface area contributed by atoms with Crippen LogP contribution >= 0.6 is 12.4 Å². The van der Waals surface area contributed by atoms with Crippen molar-refractivity contribution in [1.29, 1.82) is 0 Å². The highest BCUT2D eigenvalue weighted by molar-refractivity contribution is 5.85. The van der Waals surface area contributed by atoms with E-state index in [9.17, 15) is 0 Å². The smallest absolute Gasteiger partial charge is 0.240 e. The molecule has 1 unspecified atom stereocenters. The van der Waals surface area contributed by atoms with Crippen LogP contribution in [0.5, 0.6) is 0 Å². The van der Waals surface area contributed by atoms with Gasteiger partial charge >= 0.3 is 0 Å². The first-order valence-electron chi connectivity index (χ1n) is 7.45. The van der Waals surface area contributed by atoms with Crippen LogP contribution in [0.2, 0.25) is 0 Å². The molecule has 1 fully saturated rings. The summed E-state index contributed by atoms with van der Waals surface area (Å²) in [6.45, 7) is 6.02. The van der Waals surface area contributed by atoms with Crippen molar-refractivity contribution in [3.63, 3.8) is 0 Å². The van der Waals surface area contributed by atoms with Gasteiger partial charge in [-0.25, -0.2) is 0 Å². The van der Waals surface area contributed by atoms with Gasteiger partial charge in [-0.3, -0.25) is 4.90 Å². The van der Waals surface area contributed by atoms with E-state index in [-0.39, 0.29) is 18.5 Å². The summed E-state index contributed by atoms with van der Waals surface area (Å²) >= 11 is 0. The average Bonchev–Trinajstić information content (AvgIpc) is 2.94. The van der Waals surface area contributed by atoms with Gasteiger partial charge in [0.15, 0.2) is 5.82 Å². The Morgan fingerprint density at radius 3 is 2.76 bits per heavy atom. The summed E-state index contributed by atoms with van der Waals surface area (Å²) in [7, 11) is 3.67. The maximum Gasteiger partial charge on any atom is 0.240 e. The molecule has 122 valence electrons. The van der Waals surface area contributed by atoms with Crippen molar-refractivity contribution in [2.45, 2.75) is 38.8 Å². The van der Waals surface area contributed by atoms with Crippen LogP contribution in [0.3, 0.4) is 0 Å². The zero-order valence-electron chi connectivity index (χ0n) is 13.2. The van der Waals surface area contributed by atoms with Crippen molar-refractivity contribution in [3.05, 3.63) is 11.7 Å². The van der Waals surface area contributed by atoms with Gasteiger partial charge in [0.1, 0.15) is 6.10 Å². The summed E-state index contributed by atoms with van der Waals surface area (Å²) in [5.41, 5.74) is 0. The van der Waals surface area contributed by atoms with E-state index in [2.05, 4.69) is 20.4 Å². The highest BCUT2D eigenvalue weighted by Crippen LogP contribution is 2.21. The first-order chi connectivity index (χ1) is 9.72. The fourth-order valence-electron chi connectivity index (χ4n) is 2.58. The molecule has 1 aromatic heterocycles. The van der Waals surface area contributed by atoms with E-state index in [1.165, 1.54) is 19.3 Å². The predicted octanol–water partition coefficient (Wildman–Crippen LogP) is 2.02. The van der Waals surface area contributed by atoms with Crippen LogP contribution < -0.4 is 5.32 Å². The van der Waals surface area contributed by atoms with E-state index in [1.54, 1.807) is 7.11 Å². The second kappa shape index (κ2) is 9.35. The summed E-state index contributed by atoms with van der Waals surface area (Å²) in [6, 6.07) is 0. The van der Waals surface area contributed by atoms with E-state index >= 15 is 0 Å². The third-order valence-electron chi connectivity index (χ3n) is 4.07. The first-order valence-corrected chi connectivity index (χ1v) is 7.45. The number of ether oxygens (including phenoxy) is 1. The molecule has 0 saturated carbocycles. The largest absolute Gasteiger partial charge is 0.374 e. The van der Waals surface area contributed by atoms with Crippen LogP contribution in [0.4, 0.5) is 0 Å². The number of hydrogen-bond acceptors (Lipinski definition) is 6. The Morgan fingerprint density at radius 1 is 1.43 bits per heavy atom. The second-order valence-electron chi connectivity index (χ2n) is 5.54. The Bertz CT molecular complexity index is 394. The van der Waals surface area contributed by atoms with Crippen LogP contribution in [-0.4, -0.2) is 48.8 Å². The van der Waals surface area contributed by atoms with Gasteiger partial charge in [0.25, 0.3) is 0 Å². The molecule has 0 radical (unpaired) electrons. The third-order valence-corrected chi connectivity index (χ3v) is 4.07. The van der Waals surface area contributed by atoms with E-state index in [1.807, 2.05) is 14.0 Å². The minimum atomic E-state index is -0.111. The maximum atomic E-state index is 5.29. The Morgan fingerprint density at radius 2 is 2.14 bits per heavy atom. The third kappa shape index (κ3) is 5.54. The van der Waals surface area contributed by atoms with Crippen molar-refractivity contribution in [1.82, 2.24) is 20.4 Å². The molecule has 2 heterocycles. The Balaban J connectivity index is 0.00000220. The lowest BCUT2D eigenvalue weighted by molar-refractivity contribution is 0.109. The molecule has 0 aliphatic carbocycles. The van der Waals surface area contributed by atoms with Crippen LogP contribution in [0.1, 0.15) is 44.0 Å². The van der Waals surface area contributed by atoms with Crippen molar-refractivity contribution >= 4 is 12.4 Å². The summed E-state index contributed by atoms with van der Waals surface area (Å²) in [5.74, 6) is 2.18. The number of rotatable bonds is 7. The predicted molar refractivity (Wildman–Crippen MR) is 83.5 cm³/mol. The molecule has 1 atom stereocenters. The minimum Gasteiger partial charge on any atom is -0.374 e. The zero-order chi connectivity index (χ0) is 14.4. The lowest BCUT2D eigenvalue weighted by Gasteiger charge is -2.30. The van der Waals surface area contributed by atoms with Gasteiger partial charge in [0, 0.05) is 7.11 Å².